The van der Waals surface area contributed by atoms with Gasteiger partial charge in [0.25, 0.3) is 11.8 Å². The minimum atomic E-state index is -0.394. The molecule has 0 unspecified atom stereocenters. The molecule has 7 heteroatoms. The second-order valence-corrected chi connectivity index (χ2v) is 5.53. The lowest BCUT2D eigenvalue weighted by molar-refractivity contribution is 0.0934. The number of carbonyl (C=O) groups is 2. The lowest BCUT2D eigenvalue weighted by Gasteiger charge is -2.11. The standard InChI is InChI=1S/C16H14ClN3O2S/c1-10-4-2-3-5-13(10)15(22)18-16(23)20-19-14(21)11-6-8-12(17)9-7-11/h2-9H,1H3,(H,19,21)(H2,18,20,22,23). The van der Waals surface area contributed by atoms with Gasteiger partial charge < -0.3 is 0 Å². The Bertz CT molecular complexity index is 747. The molecule has 0 aliphatic heterocycles. The quantitative estimate of drug-likeness (QED) is 0.577. The maximum absolute atomic E-state index is 12.1. The van der Waals surface area contributed by atoms with Crippen molar-refractivity contribution in [3.05, 3.63) is 70.2 Å². The third-order valence-corrected chi connectivity index (χ3v) is 3.47. The number of rotatable bonds is 2. The maximum Gasteiger partial charge on any atom is 0.269 e. The molecule has 0 aliphatic rings. The number of thiocarbonyl (C=S) groups is 1. The number of benzene rings is 2. The number of aryl methyl sites for hydroxylation is 1. The summed E-state index contributed by atoms with van der Waals surface area (Å²) in [4.78, 5) is 23.9. The van der Waals surface area contributed by atoms with Gasteiger partial charge in [-0.1, -0.05) is 29.8 Å². The Morgan fingerprint density at radius 1 is 0.957 bits per heavy atom. The Hall–Kier alpha value is -2.44. The molecule has 0 saturated carbocycles. The first-order valence-electron chi connectivity index (χ1n) is 6.70. The van der Waals surface area contributed by atoms with Gasteiger partial charge in [0.15, 0.2) is 5.11 Å². The van der Waals surface area contributed by atoms with Crippen LogP contribution in [0.1, 0.15) is 26.3 Å². The summed E-state index contributed by atoms with van der Waals surface area (Å²) in [6.07, 6.45) is 0. The molecule has 0 aliphatic carbocycles. The zero-order valence-corrected chi connectivity index (χ0v) is 13.8. The van der Waals surface area contributed by atoms with Gasteiger partial charge in [-0.25, -0.2) is 0 Å². The van der Waals surface area contributed by atoms with E-state index in [-0.39, 0.29) is 11.0 Å². The highest BCUT2D eigenvalue weighted by atomic mass is 35.5. The second kappa shape index (κ2) is 7.71. The lowest BCUT2D eigenvalue weighted by atomic mass is 10.1. The van der Waals surface area contributed by atoms with Crippen molar-refractivity contribution < 1.29 is 9.59 Å². The molecule has 3 N–H and O–H groups in total. The van der Waals surface area contributed by atoms with Crippen LogP contribution in [0.15, 0.2) is 48.5 Å². The van der Waals surface area contributed by atoms with Gasteiger partial charge in [-0.05, 0) is 55.0 Å². The van der Waals surface area contributed by atoms with Gasteiger partial charge in [-0.3, -0.25) is 25.8 Å². The molecule has 0 spiro atoms. The molecule has 5 nitrogen and oxygen atoms in total. The third-order valence-electron chi connectivity index (χ3n) is 3.01. The molecular formula is C16H14ClN3O2S. The molecule has 0 fully saturated rings. The molecule has 2 amide bonds. The normalized spacial score (nSPS) is 9.83. The smallest absolute Gasteiger partial charge is 0.269 e. The van der Waals surface area contributed by atoms with Gasteiger partial charge in [-0.15, -0.1) is 0 Å². The van der Waals surface area contributed by atoms with E-state index in [1.54, 1.807) is 36.4 Å². The number of hydrogen-bond donors (Lipinski definition) is 3. The largest absolute Gasteiger partial charge is 0.298 e. The van der Waals surface area contributed by atoms with E-state index in [4.69, 9.17) is 23.8 Å². The van der Waals surface area contributed by atoms with E-state index in [2.05, 4.69) is 16.2 Å². The Labute approximate surface area is 144 Å². The summed E-state index contributed by atoms with van der Waals surface area (Å²) in [6, 6.07) is 13.5. The summed E-state index contributed by atoms with van der Waals surface area (Å²) >= 11 is 10.7. The molecule has 2 aromatic carbocycles. The summed E-state index contributed by atoms with van der Waals surface area (Å²) in [7, 11) is 0. The van der Waals surface area contributed by atoms with Crippen LogP contribution in [-0.2, 0) is 0 Å². The summed E-state index contributed by atoms with van der Waals surface area (Å²) in [6.45, 7) is 1.83. The molecule has 0 bridgehead atoms. The van der Waals surface area contributed by atoms with Crippen LogP contribution in [0.2, 0.25) is 5.02 Å². The summed E-state index contributed by atoms with van der Waals surface area (Å²) in [5.41, 5.74) is 6.64. The minimum absolute atomic E-state index is 0.000525. The van der Waals surface area contributed by atoms with Crippen LogP contribution in [0.25, 0.3) is 0 Å². The molecule has 0 radical (unpaired) electrons. The van der Waals surface area contributed by atoms with Gasteiger partial charge in [0.2, 0.25) is 0 Å². The molecule has 2 aromatic rings. The third kappa shape index (κ3) is 4.77. The van der Waals surface area contributed by atoms with Crippen LogP contribution in [0.3, 0.4) is 0 Å². The van der Waals surface area contributed by atoms with E-state index in [1.807, 2.05) is 19.1 Å². The van der Waals surface area contributed by atoms with E-state index in [9.17, 15) is 9.59 Å². The van der Waals surface area contributed by atoms with E-state index < -0.39 is 5.91 Å². The van der Waals surface area contributed by atoms with Crippen molar-refractivity contribution in [1.29, 1.82) is 0 Å². The van der Waals surface area contributed by atoms with Crippen molar-refractivity contribution in [3.63, 3.8) is 0 Å². The Balaban J connectivity index is 1.88. The van der Waals surface area contributed by atoms with Gasteiger partial charge >= 0.3 is 0 Å². The maximum atomic E-state index is 12.1. The fourth-order valence-corrected chi connectivity index (χ4v) is 2.09. The summed E-state index contributed by atoms with van der Waals surface area (Å²) < 4.78 is 0. The van der Waals surface area contributed by atoms with Crippen LogP contribution in [0.5, 0.6) is 0 Å². The van der Waals surface area contributed by atoms with Crippen LogP contribution in [0.4, 0.5) is 0 Å². The average Bonchev–Trinajstić information content (AvgIpc) is 2.53. The fourth-order valence-electron chi connectivity index (χ4n) is 1.82. The number of hydrogen-bond acceptors (Lipinski definition) is 3. The van der Waals surface area contributed by atoms with Crippen molar-refractivity contribution in [1.82, 2.24) is 16.2 Å². The second-order valence-electron chi connectivity index (χ2n) is 4.68. The molecule has 0 atom stereocenters. The highest BCUT2D eigenvalue weighted by molar-refractivity contribution is 7.80. The summed E-state index contributed by atoms with van der Waals surface area (Å²) in [5.74, 6) is -0.740. The zero-order chi connectivity index (χ0) is 16.8. The molecule has 0 aromatic heterocycles. The number of nitrogens with one attached hydrogen (secondary N) is 3. The first kappa shape index (κ1) is 16.9. The highest BCUT2D eigenvalue weighted by Gasteiger charge is 2.11. The van der Waals surface area contributed by atoms with Crippen LogP contribution < -0.4 is 16.2 Å². The number of halogens is 1. The molecule has 0 saturated heterocycles. The van der Waals surface area contributed by atoms with Crippen LogP contribution in [0, 0.1) is 6.92 Å². The number of carbonyl (C=O) groups excluding carboxylic acids is 2. The molecule has 118 valence electrons. The average molecular weight is 348 g/mol. The number of amides is 2. The van der Waals surface area contributed by atoms with E-state index in [0.29, 0.717) is 16.1 Å². The van der Waals surface area contributed by atoms with Gasteiger partial charge in [0.05, 0.1) is 0 Å². The van der Waals surface area contributed by atoms with Crippen LogP contribution >= 0.6 is 23.8 Å². The predicted molar refractivity (Wildman–Crippen MR) is 93.3 cm³/mol. The molecule has 23 heavy (non-hydrogen) atoms. The SMILES string of the molecule is Cc1ccccc1C(=O)NC(=S)NNC(=O)c1ccc(Cl)cc1. The van der Waals surface area contributed by atoms with Crippen LogP contribution in [-0.4, -0.2) is 16.9 Å². The van der Waals surface area contributed by atoms with Gasteiger partial charge in [0, 0.05) is 16.1 Å². The first-order valence-corrected chi connectivity index (χ1v) is 7.49. The van der Waals surface area contributed by atoms with Gasteiger partial charge in [-0.2, -0.15) is 0 Å². The number of hydrazine groups is 1. The Morgan fingerprint density at radius 3 is 2.26 bits per heavy atom. The Morgan fingerprint density at radius 2 is 1.61 bits per heavy atom. The van der Waals surface area contributed by atoms with E-state index in [1.165, 1.54) is 0 Å². The van der Waals surface area contributed by atoms with Crippen molar-refractivity contribution in [3.8, 4) is 0 Å². The monoisotopic (exact) mass is 347 g/mol. The summed E-state index contributed by atoms with van der Waals surface area (Å²) in [5, 5.41) is 3.04. The van der Waals surface area contributed by atoms with Crippen molar-refractivity contribution in [2.24, 2.45) is 0 Å². The molecular weight excluding hydrogens is 334 g/mol. The minimum Gasteiger partial charge on any atom is -0.298 e. The molecule has 0 heterocycles. The Kier molecular flexibility index (Phi) is 5.67. The van der Waals surface area contributed by atoms with E-state index in [0.717, 1.165) is 5.56 Å². The van der Waals surface area contributed by atoms with Gasteiger partial charge in [0.1, 0.15) is 0 Å². The topological polar surface area (TPSA) is 70.2 Å². The zero-order valence-electron chi connectivity index (χ0n) is 12.2. The van der Waals surface area contributed by atoms with Crippen molar-refractivity contribution in [2.75, 3.05) is 0 Å². The highest BCUT2D eigenvalue weighted by Crippen LogP contribution is 2.09. The molecule has 2 rings (SSSR count). The first-order chi connectivity index (χ1) is 11.0. The predicted octanol–water partition coefficient (Wildman–Crippen LogP) is 2.60. The van der Waals surface area contributed by atoms with E-state index >= 15 is 0 Å². The fraction of sp³-hybridized carbons (Fsp3) is 0.0625. The lowest BCUT2D eigenvalue weighted by Crippen LogP contribution is -2.48. The van der Waals surface area contributed by atoms with Crippen molar-refractivity contribution in [2.45, 2.75) is 6.92 Å². The van der Waals surface area contributed by atoms with Crippen molar-refractivity contribution >= 4 is 40.7 Å².